The van der Waals surface area contributed by atoms with E-state index in [9.17, 15) is 0 Å². The Kier molecular flexibility index (Phi) is 3.82. The van der Waals surface area contributed by atoms with Gasteiger partial charge >= 0.3 is 7.12 Å². The number of anilines is 1. The molecule has 0 atom stereocenters. The minimum atomic E-state index is -0.410. The zero-order valence-corrected chi connectivity index (χ0v) is 12.8. The number of aromatic nitrogens is 1. The van der Waals surface area contributed by atoms with Crippen molar-refractivity contribution in [2.75, 3.05) is 11.9 Å². The van der Waals surface area contributed by atoms with Gasteiger partial charge in [0.25, 0.3) is 0 Å². The van der Waals surface area contributed by atoms with Crippen LogP contribution in [-0.4, -0.2) is 29.8 Å². The number of nitrogens with zero attached hydrogens (tertiary/aromatic N) is 1. The van der Waals surface area contributed by atoms with Gasteiger partial charge in [0.05, 0.1) is 16.9 Å². The highest BCUT2D eigenvalue weighted by atomic mass is 35.5. The van der Waals surface area contributed by atoms with Crippen molar-refractivity contribution >= 4 is 29.9 Å². The molecular weight excluding hydrogens is 262 g/mol. The van der Waals surface area contributed by atoms with E-state index in [1.54, 1.807) is 6.20 Å². The number of nitrogens with one attached hydrogen (secondary N) is 1. The SMILES string of the molecule is CCNc1cc(B2OC(C)(C)C(C)(C)O2)cnc1Cl. The minimum absolute atomic E-state index is 0.352. The van der Waals surface area contributed by atoms with Crippen LogP contribution in [0.5, 0.6) is 0 Å². The standard InChI is InChI=1S/C13H20BClN2O2/c1-6-16-10-7-9(8-17-11(10)15)14-18-12(2,3)13(4,5)19-14/h7-8,16H,6H2,1-5H3. The summed E-state index contributed by atoms with van der Waals surface area (Å²) in [5.41, 5.74) is 0.973. The lowest BCUT2D eigenvalue weighted by Gasteiger charge is -2.32. The Bertz CT molecular complexity index is 464. The maximum Gasteiger partial charge on any atom is 0.496 e. The molecule has 0 radical (unpaired) electrons. The van der Waals surface area contributed by atoms with Gasteiger partial charge in [0.2, 0.25) is 0 Å². The highest BCUT2D eigenvalue weighted by molar-refractivity contribution is 6.62. The van der Waals surface area contributed by atoms with Crippen molar-refractivity contribution in [1.29, 1.82) is 0 Å². The van der Waals surface area contributed by atoms with Gasteiger partial charge in [-0.25, -0.2) is 4.98 Å². The van der Waals surface area contributed by atoms with Crippen LogP contribution in [0.25, 0.3) is 0 Å². The monoisotopic (exact) mass is 282 g/mol. The molecule has 104 valence electrons. The molecule has 0 amide bonds. The number of hydrogen-bond acceptors (Lipinski definition) is 4. The Hall–Kier alpha value is -0.775. The van der Waals surface area contributed by atoms with E-state index < -0.39 is 7.12 Å². The van der Waals surface area contributed by atoms with E-state index in [2.05, 4.69) is 10.3 Å². The van der Waals surface area contributed by atoms with Crippen LogP contribution in [0.4, 0.5) is 5.69 Å². The van der Waals surface area contributed by atoms with Gasteiger partial charge in [-0.15, -0.1) is 0 Å². The minimum Gasteiger partial charge on any atom is -0.399 e. The van der Waals surface area contributed by atoms with Gasteiger partial charge < -0.3 is 14.6 Å². The predicted octanol–water partition coefficient (Wildman–Crippen LogP) is 2.47. The Morgan fingerprint density at radius 3 is 2.37 bits per heavy atom. The van der Waals surface area contributed by atoms with Crippen molar-refractivity contribution in [3.05, 3.63) is 17.4 Å². The fourth-order valence-electron chi connectivity index (χ4n) is 1.89. The largest absolute Gasteiger partial charge is 0.496 e. The summed E-state index contributed by atoms with van der Waals surface area (Å²) in [6.07, 6.45) is 1.70. The van der Waals surface area contributed by atoms with Crippen molar-refractivity contribution in [3.63, 3.8) is 0 Å². The second-order valence-corrected chi connectivity index (χ2v) is 6.08. The Morgan fingerprint density at radius 2 is 1.84 bits per heavy atom. The highest BCUT2D eigenvalue weighted by Gasteiger charge is 2.51. The van der Waals surface area contributed by atoms with Crippen LogP contribution >= 0.6 is 11.6 Å². The van der Waals surface area contributed by atoms with Gasteiger partial charge in [-0.05, 0) is 40.7 Å². The molecule has 0 unspecified atom stereocenters. The van der Waals surface area contributed by atoms with Crippen LogP contribution in [0.2, 0.25) is 5.15 Å². The van der Waals surface area contributed by atoms with E-state index in [-0.39, 0.29) is 11.2 Å². The summed E-state index contributed by atoms with van der Waals surface area (Å²) in [4.78, 5) is 4.18. The average Bonchev–Trinajstić information content (AvgIpc) is 2.51. The molecule has 0 saturated carbocycles. The number of pyridine rings is 1. The summed E-state index contributed by atoms with van der Waals surface area (Å²) in [6, 6.07) is 1.93. The summed E-state index contributed by atoms with van der Waals surface area (Å²) >= 11 is 6.04. The van der Waals surface area contributed by atoms with Crippen molar-refractivity contribution in [2.45, 2.75) is 45.8 Å². The van der Waals surface area contributed by atoms with Gasteiger partial charge in [-0.1, -0.05) is 11.6 Å². The van der Waals surface area contributed by atoms with Crippen molar-refractivity contribution in [1.82, 2.24) is 4.98 Å². The lowest BCUT2D eigenvalue weighted by molar-refractivity contribution is 0.00578. The van der Waals surface area contributed by atoms with Crippen LogP contribution in [0, 0.1) is 0 Å². The molecule has 4 nitrogen and oxygen atoms in total. The van der Waals surface area contributed by atoms with Gasteiger partial charge in [0, 0.05) is 18.2 Å². The van der Waals surface area contributed by atoms with Crippen molar-refractivity contribution < 1.29 is 9.31 Å². The molecule has 0 bridgehead atoms. The van der Waals surface area contributed by atoms with Crippen LogP contribution in [0.15, 0.2) is 12.3 Å². The van der Waals surface area contributed by atoms with Crippen LogP contribution < -0.4 is 10.8 Å². The number of rotatable bonds is 3. The molecule has 0 aromatic carbocycles. The van der Waals surface area contributed by atoms with E-state index >= 15 is 0 Å². The van der Waals surface area contributed by atoms with E-state index in [0.29, 0.717) is 5.15 Å². The second-order valence-electron chi connectivity index (χ2n) is 5.73. The fourth-order valence-corrected chi connectivity index (χ4v) is 2.06. The molecule has 1 aromatic rings. The first-order valence-electron chi connectivity index (χ1n) is 6.52. The molecule has 0 aliphatic carbocycles. The third-order valence-electron chi connectivity index (χ3n) is 3.75. The summed E-state index contributed by atoms with van der Waals surface area (Å²) in [7, 11) is -0.410. The third kappa shape index (κ3) is 2.73. The molecular formula is C13H20BClN2O2. The highest BCUT2D eigenvalue weighted by Crippen LogP contribution is 2.36. The Balaban J connectivity index is 2.27. The van der Waals surface area contributed by atoms with E-state index in [0.717, 1.165) is 17.7 Å². The van der Waals surface area contributed by atoms with Crippen LogP contribution in [0.1, 0.15) is 34.6 Å². The summed E-state index contributed by atoms with van der Waals surface area (Å²) in [5.74, 6) is 0. The third-order valence-corrected chi connectivity index (χ3v) is 4.05. The van der Waals surface area contributed by atoms with Gasteiger partial charge in [0.1, 0.15) is 0 Å². The molecule has 6 heteroatoms. The van der Waals surface area contributed by atoms with Crippen molar-refractivity contribution in [3.8, 4) is 0 Å². The second kappa shape index (κ2) is 4.96. The topological polar surface area (TPSA) is 43.4 Å². The average molecular weight is 283 g/mol. The first kappa shape index (κ1) is 14.6. The van der Waals surface area contributed by atoms with Crippen LogP contribution in [0.3, 0.4) is 0 Å². The first-order chi connectivity index (χ1) is 8.77. The molecule has 1 aliphatic heterocycles. The Labute approximate surface area is 120 Å². The molecule has 1 N–H and O–H groups in total. The molecule has 2 heterocycles. The summed E-state index contributed by atoms with van der Waals surface area (Å²) in [5, 5.41) is 3.64. The fraction of sp³-hybridized carbons (Fsp3) is 0.615. The van der Waals surface area contributed by atoms with Gasteiger partial charge in [-0.3, -0.25) is 0 Å². The van der Waals surface area contributed by atoms with Crippen LogP contribution in [-0.2, 0) is 9.31 Å². The molecule has 1 fully saturated rings. The molecule has 1 aliphatic rings. The lowest BCUT2D eigenvalue weighted by atomic mass is 9.80. The quantitative estimate of drug-likeness (QED) is 0.683. The van der Waals surface area contributed by atoms with Gasteiger partial charge in [0.15, 0.2) is 5.15 Å². The maximum absolute atomic E-state index is 6.04. The summed E-state index contributed by atoms with van der Waals surface area (Å²) < 4.78 is 12.0. The Morgan fingerprint density at radius 1 is 1.26 bits per heavy atom. The molecule has 1 saturated heterocycles. The zero-order valence-electron chi connectivity index (χ0n) is 12.1. The van der Waals surface area contributed by atoms with E-state index in [1.165, 1.54) is 0 Å². The lowest BCUT2D eigenvalue weighted by Crippen LogP contribution is -2.41. The zero-order chi connectivity index (χ0) is 14.3. The first-order valence-corrected chi connectivity index (χ1v) is 6.89. The number of hydrogen-bond donors (Lipinski definition) is 1. The molecule has 1 aromatic heterocycles. The van der Waals surface area contributed by atoms with Gasteiger partial charge in [-0.2, -0.15) is 0 Å². The number of halogens is 1. The normalized spacial score (nSPS) is 20.6. The summed E-state index contributed by atoms with van der Waals surface area (Å²) in [6.45, 7) is 10.9. The molecule has 2 rings (SSSR count). The molecule has 19 heavy (non-hydrogen) atoms. The van der Waals surface area contributed by atoms with E-state index in [4.69, 9.17) is 20.9 Å². The molecule has 0 spiro atoms. The maximum atomic E-state index is 6.04. The predicted molar refractivity (Wildman–Crippen MR) is 79.1 cm³/mol. The van der Waals surface area contributed by atoms with Crippen molar-refractivity contribution in [2.24, 2.45) is 0 Å². The smallest absolute Gasteiger partial charge is 0.399 e. The van der Waals surface area contributed by atoms with E-state index in [1.807, 2.05) is 40.7 Å².